The number of hydrogen-bond acceptors (Lipinski definition) is 5. The molecule has 0 unspecified atom stereocenters. The Labute approximate surface area is 168 Å². The highest BCUT2D eigenvalue weighted by Gasteiger charge is 2.23. The molecule has 1 aliphatic carbocycles. The van der Waals surface area contributed by atoms with Crippen molar-refractivity contribution in [1.82, 2.24) is 20.3 Å². The summed E-state index contributed by atoms with van der Waals surface area (Å²) in [4.78, 5) is 26.1. The average molecular weight is 390 g/mol. The molecule has 3 aromatic rings. The second-order valence-corrected chi connectivity index (χ2v) is 7.05. The van der Waals surface area contributed by atoms with E-state index in [0.29, 0.717) is 5.69 Å². The molecule has 0 radical (unpaired) electrons. The van der Waals surface area contributed by atoms with Gasteiger partial charge in [0.25, 0.3) is 5.91 Å². The molecule has 1 aromatic heterocycles. The lowest BCUT2D eigenvalue weighted by atomic mass is 9.88. The van der Waals surface area contributed by atoms with Crippen LogP contribution in [0, 0.1) is 6.92 Å². The molecule has 0 aliphatic heterocycles. The number of fused-ring (bicyclic) bond motifs is 1. The minimum absolute atomic E-state index is 0.0492. The van der Waals surface area contributed by atoms with Gasteiger partial charge in [0, 0.05) is 0 Å². The lowest BCUT2D eigenvalue weighted by Gasteiger charge is -2.26. The average Bonchev–Trinajstić information content (AvgIpc) is 3.15. The number of aromatic nitrogens is 3. The molecule has 0 spiro atoms. The van der Waals surface area contributed by atoms with Crippen LogP contribution in [-0.4, -0.2) is 33.5 Å². The highest BCUT2D eigenvalue weighted by molar-refractivity contribution is 5.90. The molecule has 0 bridgehead atoms. The fourth-order valence-electron chi connectivity index (χ4n) is 3.58. The van der Waals surface area contributed by atoms with Crippen molar-refractivity contribution in [3.63, 3.8) is 0 Å². The Balaban J connectivity index is 1.37. The van der Waals surface area contributed by atoms with E-state index < -0.39 is 5.97 Å². The maximum absolute atomic E-state index is 12.4. The molecule has 1 atom stereocenters. The predicted molar refractivity (Wildman–Crippen MR) is 107 cm³/mol. The lowest BCUT2D eigenvalue weighted by Crippen LogP contribution is -2.34. The SMILES string of the molecule is Cc1nn(-c2ccccc2)nc1C(=O)OCC(=O)N[C@@H]1CCCc2ccccc21. The molecular weight excluding hydrogens is 368 g/mol. The summed E-state index contributed by atoms with van der Waals surface area (Å²) in [6.07, 6.45) is 2.92. The van der Waals surface area contributed by atoms with Gasteiger partial charge in [0.15, 0.2) is 12.3 Å². The summed E-state index contributed by atoms with van der Waals surface area (Å²) in [5.74, 6) is -0.989. The first-order chi connectivity index (χ1) is 14.1. The van der Waals surface area contributed by atoms with Gasteiger partial charge in [-0.3, -0.25) is 4.79 Å². The maximum Gasteiger partial charge on any atom is 0.361 e. The number of ether oxygens (including phenoxy) is 1. The summed E-state index contributed by atoms with van der Waals surface area (Å²) < 4.78 is 5.18. The molecule has 0 saturated heterocycles. The van der Waals surface area contributed by atoms with Gasteiger partial charge in [-0.2, -0.15) is 9.90 Å². The summed E-state index contributed by atoms with van der Waals surface area (Å²) in [6.45, 7) is 1.33. The number of nitrogens with one attached hydrogen (secondary N) is 1. The van der Waals surface area contributed by atoms with Gasteiger partial charge in [-0.15, -0.1) is 5.10 Å². The van der Waals surface area contributed by atoms with Crippen LogP contribution in [0.4, 0.5) is 0 Å². The molecule has 148 valence electrons. The largest absolute Gasteiger partial charge is 0.451 e. The van der Waals surface area contributed by atoms with Crippen LogP contribution < -0.4 is 5.32 Å². The summed E-state index contributed by atoms with van der Waals surface area (Å²) in [7, 11) is 0. The Hall–Kier alpha value is -3.48. The second-order valence-electron chi connectivity index (χ2n) is 7.05. The number of benzene rings is 2. The lowest BCUT2D eigenvalue weighted by molar-refractivity contribution is -0.125. The Kier molecular flexibility index (Phi) is 5.37. The van der Waals surface area contributed by atoms with Gasteiger partial charge in [0.1, 0.15) is 0 Å². The number of nitrogens with zero attached hydrogens (tertiary/aromatic N) is 3. The van der Waals surface area contributed by atoms with Crippen LogP contribution in [0.15, 0.2) is 54.6 Å². The number of amides is 1. The van der Waals surface area contributed by atoms with Gasteiger partial charge in [0.2, 0.25) is 0 Å². The van der Waals surface area contributed by atoms with Crippen LogP contribution in [-0.2, 0) is 16.0 Å². The highest BCUT2D eigenvalue weighted by atomic mass is 16.5. The van der Waals surface area contributed by atoms with Crippen molar-refractivity contribution in [2.45, 2.75) is 32.2 Å². The summed E-state index contributed by atoms with van der Waals surface area (Å²) in [5, 5.41) is 11.4. The van der Waals surface area contributed by atoms with Gasteiger partial charge in [-0.05, 0) is 49.4 Å². The molecule has 7 heteroatoms. The molecule has 1 heterocycles. The number of carbonyl (C=O) groups is 2. The number of hydrogen-bond donors (Lipinski definition) is 1. The van der Waals surface area contributed by atoms with Crippen LogP contribution in [0.2, 0.25) is 0 Å². The van der Waals surface area contributed by atoms with Gasteiger partial charge >= 0.3 is 5.97 Å². The number of esters is 1. The van der Waals surface area contributed by atoms with Crippen LogP contribution in [0.5, 0.6) is 0 Å². The molecule has 29 heavy (non-hydrogen) atoms. The fraction of sp³-hybridized carbons (Fsp3) is 0.273. The number of rotatable bonds is 5. The van der Waals surface area contributed by atoms with E-state index >= 15 is 0 Å². The van der Waals surface area contributed by atoms with Gasteiger partial charge in [-0.25, -0.2) is 4.79 Å². The van der Waals surface area contributed by atoms with Crippen molar-refractivity contribution < 1.29 is 14.3 Å². The molecular formula is C22H22N4O3. The molecule has 1 aliphatic rings. The molecule has 0 saturated carbocycles. The standard InChI is InChI=1S/C22H22N4O3/c1-15-21(25-26(24-15)17-10-3-2-4-11-17)22(28)29-14-20(27)23-19-13-7-9-16-8-5-6-12-18(16)19/h2-6,8,10-12,19H,7,9,13-14H2,1H3,(H,23,27)/t19-/m1/s1. The smallest absolute Gasteiger partial charge is 0.361 e. The first-order valence-electron chi connectivity index (χ1n) is 9.65. The van der Waals surface area contributed by atoms with Crippen molar-refractivity contribution in [1.29, 1.82) is 0 Å². The van der Waals surface area contributed by atoms with Crippen LogP contribution >= 0.6 is 0 Å². The predicted octanol–water partition coefficient (Wildman–Crippen LogP) is 2.93. The van der Waals surface area contributed by atoms with E-state index in [4.69, 9.17) is 4.74 Å². The normalized spacial score (nSPS) is 15.4. The Morgan fingerprint density at radius 1 is 1.10 bits per heavy atom. The van der Waals surface area contributed by atoms with Crippen LogP contribution in [0.25, 0.3) is 5.69 Å². The first kappa shape index (κ1) is 18.9. The summed E-state index contributed by atoms with van der Waals surface area (Å²) in [6, 6.07) is 17.3. The molecule has 2 aromatic carbocycles. The van der Waals surface area contributed by atoms with Crippen molar-refractivity contribution in [2.24, 2.45) is 0 Å². The maximum atomic E-state index is 12.4. The Bertz CT molecular complexity index is 1030. The third-order valence-corrected chi connectivity index (χ3v) is 5.00. The summed E-state index contributed by atoms with van der Waals surface area (Å²) in [5.41, 5.74) is 3.68. The van der Waals surface area contributed by atoms with E-state index in [2.05, 4.69) is 21.6 Å². The van der Waals surface area contributed by atoms with Crippen molar-refractivity contribution in [3.8, 4) is 5.69 Å². The minimum Gasteiger partial charge on any atom is -0.451 e. The van der Waals surface area contributed by atoms with Crippen LogP contribution in [0.1, 0.15) is 46.2 Å². The monoisotopic (exact) mass is 390 g/mol. The van der Waals surface area contributed by atoms with E-state index in [0.717, 1.165) is 30.5 Å². The molecule has 4 rings (SSSR count). The minimum atomic E-state index is -0.663. The highest BCUT2D eigenvalue weighted by Crippen LogP contribution is 2.29. The number of carbonyl (C=O) groups excluding carboxylic acids is 2. The quantitative estimate of drug-likeness (QED) is 0.677. The third kappa shape index (κ3) is 4.18. The number of aryl methyl sites for hydroxylation is 2. The Morgan fingerprint density at radius 2 is 1.86 bits per heavy atom. The number of para-hydroxylation sites is 1. The van der Waals surface area contributed by atoms with Crippen molar-refractivity contribution in [3.05, 3.63) is 77.1 Å². The van der Waals surface area contributed by atoms with E-state index in [1.54, 1.807) is 6.92 Å². The zero-order valence-electron chi connectivity index (χ0n) is 16.2. The summed E-state index contributed by atoms with van der Waals surface area (Å²) >= 11 is 0. The van der Waals surface area contributed by atoms with E-state index in [9.17, 15) is 9.59 Å². The van der Waals surface area contributed by atoms with Crippen molar-refractivity contribution in [2.75, 3.05) is 6.61 Å². The molecule has 1 N–H and O–H groups in total. The zero-order valence-corrected chi connectivity index (χ0v) is 16.2. The van der Waals surface area contributed by atoms with E-state index in [-0.39, 0.29) is 24.2 Å². The van der Waals surface area contributed by atoms with Gasteiger partial charge in [-0.1, -0.05) is 42.5 Å². The van der Waals surface area contributed by atoms with Crippen molar-refractivity contribution >= 4 is 11.9 Å². The van der Waals surface area contributed by atoms with E-state index in [1.807, 2.05) is 48.5 Å². The second kappa shape index (κ2) is 8.26. The van der Waals surface area contributed by atoms with Gasteiger partial charge < -0.3 is 10.1 Å². The zero-order chi connectivity index (χ0) is 20.2. The van der Waals surface area contributed by atoms with Gasteiger partial charge in [0.05, 0.1) is 17.4 Å². The third-order valence-electron chi connectivity index (χ3n) is 5.00. The first-order valence-corrected chi connectivity index (χ1v) is 9.65. The van der Waals surface area contributed by atoms with Crippen LogP contribution in [0.3, 0.4) is 0 Å². The molecule has 0 fully saturated rings. The topological polar surface area (TPSA) is 86.1 Å². The molecule has 1 amide bonds. The fourth-order valence-corrected chi connectivity index (χ4v) is 3.58. The molecule has 7 nitrogen and oxygen atoms in total. The van der Waals surface area contributed by atoms with E-state index in [1.165, 1.54) is 10.4 Å². The Morgan fingerprint density at radius 3 is 2.69 bits per heavy atom.